The van der Waals surface area contributed by atoms with Gasteiger partial charge in [0.05, 0.1) is 13.2 Å². The summed E-state index contributed by atoms with van der Waals surface area (Å²) in [6.45, 7) is 5.45. The van der Waals surface area contributed by atoms with E-state index in [1.165, 1.54) is 0 Å². The van der Waals surface area contributed by atoms with Gasteiger partial charge in [0.1, 0.15) is 11.9 Å². The normalized spacial score (nSPS) is 17.5. The van der Waals surface area contributed by atoms with E-state index < -0.39 is 0 Å². The third-order valence-corrected chi connectivity index (χ3v) is 3.32. The van der Waals surface area contributed by atoms with Crippen molar-refractivity contribution >= 4 is 5.84 Å². The standard InChI is InChI=1S/C14H20N2O3/c1-9-7-11(14(15)16-17)8-10(2)13(9)19-12-3-5-18-6-4-12/h7-8,12,17H,3-6H2,1-2H3,(H2,15,16). The van der Waals surface area contributed by atoms with Gasteiger partial charge < -0.3 is 20.4 Å². The van der Waals surface area contributed by atoms with Gasteiger partial charge >= 0.3 is 0 Å². The minimum Gasteiger partial charge on any atom is -0.490 e. The summed E-state index contributed by atoms with van der Waals surface area (Å²) in [6.07, 6.45) is 2.04. The van der Waals surface area contributed by atoms with Crippen molar-refractivity contribution in [2.45, 2.75) is 32.8 Å². The third-order valence-electron chi connectivity index (χ3n) is 3.32. The number of nitrogens with zero attached hydrogens (tertiary/aromatic N) is 1. The molecule has 0 atom stereocenters. The van der Waals surface area contributed by atoms with Crippen molar-refractivity contribution in [3.8, 4) is 5.75 Å². The highest BCUT2D eigenvalue weighted by molar-refractivity contribution is 5.97. The number of ether oxygens (including phenoxy) is 2. The van der Waals surface area contributed by atoms with Gasteiger partial charge in [-0.1, -0.05) is 5.16 Å². The molecule has 1 aliphatic heterocycles. The maximum Gasteiger partial charge on any atom is 0.170 e. The number of hydrogen-bond acceptors (Lipinski definition) is 4. The van der Waals surface area contributed by atoms with Crippen LogP contribution in [0.3, 0.4) is 0 Å². The van der Waals surface area contributed by atoms with E-state index in [-0.39, 0.29) is 11.9 Å². The zero-order valence-electron chi connectivity index (χ0n) is 11.3. The molecule has 3 N–H and O–H groups in total. The predicted octanol–water partition coefficient (Wildman–Crippen LogP) is 1.96. The largest absolute Gasteiger partial charge is 0.490 e. The maximum absolute atomic E-state index is 8.72. The van der Waals surface area contributed by atoms with E-state index >= 15 is 0 Å². The Kier molecular flexibility index (Phi) is 4.27. The zero-order valence-corrected chi connectivity index (χ0v) is 11.3. The summed E-state index contributed by atoms with van der Waals surface area (Å²) >= 11 is 0. The van der Waals surface area contributed by atoms with E-state index in [1.54, 1.807) is 0 Å². The Morgan fingerprint density at radius 2 is 1.89 bits per heavy atom. The molecule has 104 valence electrons. The molecule has 1 fully saturated rings. The number of amidine groups is 1. The summed E-state index contributed by atoms with van der Waals surface area (Å²) in [6, 6.07) is 3.74. The number of hydrogen-bond donors (Lipinski definition) is 2. The highest BCUT2D eigenvalue weighted by Crippen LogP contribution is 2.27. The van der Waals surface area contributed by atoms with Gasteiger partial charge in [-0.25, -0.2) is 0 Å². The first-order valence-corrected chi connectivity index (χ1v) is 6.45. The van der Waals surface area contributed by atoms with E-state index in [0.29, 0.717) is 5.56 Å². The van der Waals surface area contributed by atoms with Gasteiger partial charge in [-0.15, -0.1) is 0 Å². The first kappa shape index (κ1) is 13.7. The molecule has 5 heteroatoms. The molecule has 1 saturated heterocycles. The molecule has 0 aromatic heterocycles. The monoisotopic (exact) mass is 264 g/mol. The Bertz CT molecular complexity index is 457. The molecular formula is C14H20N2O3. The number of benzene rings is 1. The quantitative estimate of drug-likeness (QED) is 0.378. The SMILES string of the molecule is Cc1cc(C(N)=NO)cc(C)c1OC1CCOCC1. The Morgan fingerprint density at radius 1 is 1.32 bits per heavy atom. The predicted molar refractivity (Wildman–Crippen MR) is 72.9 cm³/mol. The average molecular weight is 264 g/mol. The summed E-state index contributed by atoms with van der Waals surface area (Å²) in [5, 5.41) is 11.7. The van der Waals surface area contributed by atoms with Crippen molar-refractivity contribution in [1.29, 1.82) is 0 Å². The van der Waals surface area contributed by atoms with Gasteiger partial charge in [0.25, 0.3) is 0 Å². The van der Waals surface area contributed by atoms with E-state index in [2.05, 4.69) is 5.16 Å². The molecule has 2 rings (SSSR count). The minimum absolute atomic E-state index is 0.115. The first-order valence-electron chi connectivity index (χ1n) is 6.45. The van der Waals surface area contributed by atoms with Crippen LogP contribution < -0.4 is 10.5 Å². The molecule has 1 aromatic rings. The second kappa shape index (κ2) is 5.93. The smallest absolute Gasteiger partial charge is 0.170 e. The molecule has 0 amide bonds. The fourth-order valence-corrected chi connectivity index (χ4v) is 2.30. The molecule has 19 heavy (non-hydrogen) atoms. The van der Waals surface area contributed by atoms with Crippen molar-refractivity contribution in [2.75, 3.05) is 13.2 Å². The van der Waals surface area contributed by atoms with E-state index in [4.69, 9.17) is 20.4 Å². The van der Waals surface area contributed by atoms with Crippen LogP contribution in [0.5, 0.6) is 5.75 Å². The summed E-state index contributed by atoms with van der Waals surface area (Å²) in [5.74, 6) is 1.00. The van der Waals surface area contributed by atoms with Crippen LogP contribution in [0.15, 0.2) is 17.3 Å². The molecule has 0 spiro atoms. The first-order chi connectivity index (χ1) is 9.11. The van der Waals surface area contributed by atoms with E-state index in [9.17, 15) is 0 Å². The number of rotatable bonds is 3. The Labute approximate surface area is 113 Å². The highest BCUT2D eigenvalue weighted by atomic mass is 16.5. The van der Waals surface area contributed by atoms with Crippen LogP contribution in [0.25, 0.3) is 0 Å². The molecule has 1 heterocycles. The van der Waals surface area contributed by atoms with Gasteiger partial charge in [0.2, 0.25) is 0 Å². The maximum atomic E-state index is 8.72. The fourth-order valence-electron chi connectivity index (χ4n) is 2.30. The minimum atomic E-state index is 0.115. The van der Waals surface area contributed by atoms with Gasteiger partial charge in [-0.3, -0.25) is 0 Å². The molecule has 5 nitrogen and oxygen atoms in total. The van der Waals surface area contributed by atoms with Crippen LogP contribution in [0.2, 0.25) is 0 Å². The van der Waals surface area contributed by atoms with Gasteiger partial charge in [-0.05, 0) is 37.1 Å². The second-order valence-corrected chi connectivity index (χ2v) is 4.85. The summed E-state index contributed by atoms with van der Waals surface area (Å²) < 4.78 is 11.4. The molecule has 0 aliphatic carbocycles. The van der Waals surface area contributed by atoms with Crippen LogP contribution in [-0.4, -0.2) is 30.4 Å². The number of oxime groups is 1. The lowest BCUT2D eigenvalue weighted by molar-refractivity contribution is 0.0250. The number of nitrogens with two attached hydrogens (primary N) is 1. The van der Waals surface area contributed by atoms with Gasteiger partial charge in [0, 0.05) is 18.4 Å². The van der Waals surface area contributed by atoms with E-state index in [1.807, 2.05) is 26.0 Å². The van der Waals surface area contributed by atoms with Crippen molar-refractivity contribution in [2.24, 2.45) is 10.9 Å². The summed E-state index contributed by atoms with van der Waals surface area (Å²) in [7, 11) is 0. The van der Waals surface area contributed by atoms with Crippen molar-refractivity contribution in [3.63, 3.8) is 0 Å². The lowest BCUT2D eigenvalue weighted by Gasteiger charge is -2.25. The Hall–Kier alpha value is -1.75. The highest BCUT2D eigenvalue weighted by Gasteiger charge is 2.18. The van der Waals surface area contributed by atoms with Crippen LogP contribution in [0.1, 0.15) is 29.5 Å². The Morgan fingerprint density at radius 3 is 2.42 bits per heavy atom. The fraction of sp³-hybridized carbons (Fsp3) is 0.500. The number of aryl methyl sites for hydroxylation is 2. The van der Waals surface area contributed by atoms with E-state index in [0.717, 1.165) is 42.9 Å². The van der Waals surface area contributed by atoms with Crippen LogP contribution in [-0.2, 0) is 4.74 Å². The second-order valence-electron chi connectivity index (χ2n) is 4.85. The van der Waals surface area contributed by atoms with Crippen LogP contribution in [0, 0.1) is 13.8 Å². The van der Waals surface area contributed by atoms with Crippen molar-refractivity contribution in [3.05, 3.63) is 28.8 Å². The van der Waals surface area contributed by atoms with Crippen molar-refractivity contribution in [1.82, 2.24) is 0 Å². The molecule has 0 saturated carbocycles. The topological polar surface area (TPSA) is 77.1 Å². The molecular weight excluding hydrogens is 244 g/mol. The van der Waals surface area contributed by atoms with Crippen molar-refractivity contribution < 1.29 is 14.7 Å². The molecule has 0 unspecified atom stereocenters. The van der Waals surface area contributed by atoms with Crippen LogP contribution >= 0.6 is 0 Å². The molecule has 0 bridgehead atoms. The van der Waals surface area contributed by atoms with Crippen LogP contribution in [0.4, 0.5) is 0 Å². The lowest BCUT2D eigenvalue weighted by atomic mass is 10.0. The third kappa shape index (κ3) is 3.17. The lowest BCUT2D eigenvalue weighted by Crippen LogP contribution is -2.26. The zero-order chi connectivity index (χ0) is 13.8. The molecule has 1 aromatic carbocycles. The van der Waals surface area contributed by atoms with Gasteiger partial charge in [0.15, 0.2) is 5.84 Å². The Balaban J connectivity index is 2.21. The van der Waals surface area contributed by atoms with Gasteiger partial charge in [-0.2, -0.15) is 0 Å². The molecule has 1 aliphatic rings. The summed E-state index contributed by atoms with van der Waals surface area (Å²) in [5.41, 5.74) is 8.30. The summed E-state index contributed by atoms with van der Waals surface area (Å²) in [4.78, 5) is 0. The molecule has 0 radical (unpaired) electrons. The average Bonchev–Trinajstić information content (AvgIpc) is 2.43.